The third-order valence-electron chi connectivity index (χ3n) is 1.43. The highest BCUT2D eigenvalue weighted by atomic mass is 79.9. The molecule has 1 rings (SSSR count). The van der Waals surface area contributed by atoms with Crippen molar-refractivity contribution in [1.82, 2.24) is 0 Å². The number of halogens is 4. The Morgan fingerprint density at radius 1 is 1.14 bits per heavy atom. The first-order chi connectivity index (χ1) is 6.41. The molecular weight excluding hydrogens is 257 g/mol. The highest BCUT2D eigenvalue weighted by molar-refractivity contribution is 9.10. The van der Waals surface area contributed by atoms with Crippen LogP contribution in [-0.4, -0.2) is 0 Å². The molecule has 0 spiro atoms. The number of benzene rings is 1. The van der Waals surface area contributed by atoms with Crippen LogP contribution in [0.2, 0.25) is 0 Å². The maximum absolute atomic E-state index is 12.2. The van der Waals surface area contributed by atoms with Crippen LogP contribution >= 0.6 is 15.9 Å². The number of alkyl halides is 3. The Bertz CT molecular complexity index is 292. The van der Waals surface area contributed by atoms with E-state index in [-0.39, 0.29) is 4.47 Å². The lowest BCUT2D eigenvalue weighted by Crippen LogP contribution is -2.05. The summed E-state index contributed by atoms with van der Waals surface area (Å²) in [6, 6.07) is 3.95. The summed E-state index contributed by atoms with van der Waals surface area (Å²) in [5, 5.41) is 0. The van der Waals surface area contributed by atoms with Crippen LogP contribution in [0.5, 0.6) is 0 Å². The Morgan fingerprint density at radius 2 is 1.64 bits per heavy atom. The first-order valence-corrected chi connectivity index (χ1v) is 5.04. The van der Waals surface area contributed by atoms with Crippen LogP contribution in [0, 0.1) is 6.92 Å². The van der Waals surface area contributed by atoms with E-state index in [1.165, 1.54) is 12.1 Å². The fraction of sp³-hybridized carbons (Fsp3) is 0.400. The normalized spacial score (nSPS) is 10.5. The molecule has 0 heterocycles. The number of hydrogen-bond donors (Lipinski definition) is 0. The van der Waals surface area contributed by atoms with Crippen molar-refractivity contribution in [3.8, 4) is 0 Å². The molecule has 0 radical (unpaired) electrons. The molecule has 1 aromatic carbocycles. The van der Waals surface area contributed by atoms with Crippen LogP contribution in [0.1, 0.15) is 25.0 Å². The molecule has 0 bridgehead atoms. The second kappa shape index (κ2) is 5.39. The van der Waals surface area contributed by atoms with Crippen molar-refractivity contribution in [2.24, 2.45) is 0 Å². The topological polar surface area (TPSA) is 0 Å². The van der Waals surface area contributed by atoms with E-state index >= 15 is 0 Å². The van der Waals surface area contributed by atoms with Crippen LogP contribution in [0.15, 0.2) is 22.7 Å². The molecule has 0 saturated heterocycles. The van der Waals surface area contributed by atoms with Gasteiger partial charge in [-0.15, -0.1) is 0 Å². The van der Waals surface area contributed by atoms with Crippen molar-refractivity contribution in [3.05, 3.63) is 33.8 Å². The smallest absolute Gasteiger partial charge is 0.166 e. The van der Waals surface area contributed by atoms with Gasteiger partial charge in [0.1, 0.15) is 0 Å². The zero-order valence-corrected chi connectivity index (χ0v) is 9.83. The zero-order chi connectivity index (χ0) is 11.4. The Labute approximate surface area is 90.3 Å². The van der Waals surface area contributed by atoms with Crippen LogP contribution < -0.4 is 0 Å². The third kappa shape index (κ3) is 3.70. The molecule has 0 saturated carbocycles. The van der Waals surface area contributed by atoms with E-state index in [1.54, 1.807) is 6.92 Å². The van der Waals surface area contributed by atoms with Gasteiger partial charge in [0.2, 0.25) is 0 Å². The molecule has 0 aliphatic heterocycles. The van der Waals surface area contributed by atoms with E-state index in [0.29, 0.717) is 0 Å². The van der Waals surface area contributed by atoms with Crippen molar-refractivity contribution in [1.29, 1.82) is 0 Å². The first kappa shape index (κ1) is 13.5. The van der Waals surface area contributed by atoms with Gasteiger partial charge < -0.3 is 0 Å². The predicted octanol–water partition coefficient (Wildman–Crippen LogP) is 4.80. The molecule has 0 unspecified atom stereocenters. The lowest BCUT2D eigenvalue weighted by molar-refractivity contribution is -0.138. The molecule has 1 aromatic rings. The largest absolute Gasteiger partial charge is 0.417 e. The molecule has 0 aliphatic rings. The summed E-state index contributed by atoms with van der Waals surface area (Å²) in [4.78, 5) is 0. The summed E-state index contributed by atoms with van der Waals surface area (Å²) in [6.45, 7) is 5.74. The Balaban J connectivity index is 0.000000791. The van der Waals surface area contributed by atoms with Crippen molar-refractivity contribution in [2.45, 2.75) is 26.9 Å². The van der Waals surface area contributed by atoms with Gasteiger partial charge in [-0.2, -0.15) is 13.2 Å². The van der Waals surface area contributed by atoms with Crippen LogP contribution in [-0.2, 0) is 6.18 Å². The van der Waals surface area contributed by atoms with E-state index in [2.05, 4.69) is 15.9 Å². The molecular formula is C10H12BrF3. The lowest BCUT2D eigenvalue weighted by atomic mass is 10.1. The van der Waals surface area contributed by atoms with Gasteiger partial charge in [-0.25, -0.2) is 0 Å². The van der Waals surface area contributed by atoms with E-state index < -0.39 is 11.7 Å². The average Bonchev–Trinajstić information content (AvgIpc) is 2.05. The van der Waals surface area contributed by atoms with Gasteiger partial charge in [0.25, 0.3) is 0 Å². The number of aryl methyl sites for hydroxylation is 1. The zero-order valence-electron chi connectivity index (χ0n) is 8.24. The van der Waals surface area contributed by atoms with Crippen molar-refractivity contribution in [2.75, 3.05) is 0 Å². The lowest BCUT2D eigenvalue weighted by Gasteiger charge is -2.08. The summed E-state index contributed by atoms with van der Waals surface area (Å²) in [5.74, 6) is 0. The second-order valence-electron chi connectivity index (χ2n) is 2.48. The summed E-state index contributed by atoms with van der Waals surface area (Å²) in [7, 11) is 0. The minimum absolute atomic E-state index is 0.0926. The van der Waals surface area contributed by atoms with Crippen LogP contribution in [0.25, 0.3) is 0 Å². The average molecular weight is 269 g/mol. The van der Waals surface area contributed by atoms with E-state index in [1.807, 2.05) is 13.8 Å². The highest BCUT2D eigenvalue weighted by Crippen LogP contribution is 2.34. The summed E-state index contributed by atoms with van der Waals surface area (Å²) < 4.78 is 36.5. The first-order valence-electron chi connectivity index (χ1n) is 4.24. The molecule has 0 atom stereocenters. The van der Waals surface area contributed by atoms with Gasteiger partial charge in [0.15, 0.2) is 0 Å². The summed E-state index contributed by atoms with van der Waals surface area (Å²) in [6.07, 6.45) is -4.27. The Kier molecular flexibility index (Phi) is 5.19. The van der Waals surface area contributed by atoms with Gasteiger partial charge in [0, 0.05) is 4.47 Å². The van der Waals surface area contributed by atoms with Crippen molar-refractivity contribution in [3.63, 3.8) is 0 Å². The van der Waals surface area contributed by atoms with Crippen LogP contribution in [0.3, 0.4) is 0 Å². The minimum Gasteiger partial charge on any atom is -0.166 e. The predicted molar refractivity (Wildman–Crippen MR) is 55.2 cm³/mol. The molecule has 0 fully saturated rings. The Morgan fingerprint density at radius 3 is 2.00 bits per heavy atom. The van der Waals surface area contributed by atoms with Gasteiger partial charge in [-0.05, 0) is 24.6 Å². The van der Waals surface area contributed by atoms with Gasteiger partial charge in [-0.1, -0.05) is 35.8 Å². The fourth-order valence-corrected chi connectivity index (χ4v) is 1.57. The minimum atomic E-state index is -4.27. The van der Waals surface area contributed by atoms with E-state index in [0.717, 1.165) is 11.6 Å². The summed E-state index contributed by atoms with van der Waals surface area (Å²) in [5.41, 5.74) is 0.169. The fourth-order valence-electron chi connectivity index (χ4n) is 0.850. The Hall–Kier alpha value is -0.510. The summed E-state index contributed by atoms with van der Waals surface area (Å²) >= 11 is 2.86. The molecule has 14 heavy (non-hydrogen) atoms. The maximum Gasteiger partial charge on any atom is 0.417 e. The van der Waals surface area contributed by atoms with E-state index in [4.69, 9.17) is 0 Å². The number of rotatable bonds is 0. The molecule has 0 N–H and O–H groups in total. The van der Waals surface area contributed by atoms with Crippen LogP contribution in [0.4, 0.5) is 13.2 Å². The maximum atomic E-state index is 12.2. The molecule has 0 aliphatic carbocycles. The van der Waals surface area contributed by atoms with Gasteiger partial charge >= 0.3 is 6.18 Å². The standard InChI is InChI=1S/C8H6BrF3.C2H6/c1-5-2-3-6(7(9)4-5)8(10,11)12;1-2/h2-4H,1H3;1-2H3. The van der Waals surface area contributed by atoms with Crippen molar-refractivity contribution < 1.29 is 13.2 Å². The SMILES string of the molecule is CC.Cc1ccc(C(F)(F)F)c(Br)c1. The third-order valence-corrected chi connectivity index (χ3v) is 2.09. The molecule has 4 heteroatoms. The molecule has 0 aromatic heterocycles. The van der Waals surface area contributed by atoms with E-state index in [9.17, 15) is 13.2 Å². The highest BCUT2D eigenvalue weighted by Gasteiger charge is 2.32. The second-order valence-corrected chi connectivity index (χ2v) is 3.34. The monoisotopic (exact) mass is 268 g/mol. The molecule has 0 nitrogen and oxygen atoms in total. The number of hydrogen-bond acceptors (Lipinski definition) is 0. The molecule has 0 amide bonds. The van der Waals surface area contributed by atoms with Crippen molar-refractivity contribution >= 4 is 15.9 Å². The van der Waals surface area contributed by atoms with Gasteiger partial charge in [0.05, 0.1) is 5.56 Å². The van der Waals surface area contributed by atoms with Gasteiger partial charge in [-0.3, -0.25) is 0 Å². The quantitative estimate of drug-likeness (QED) is 0.634. The molecule has 80 valence electrons.